The molecule has 0 fully saturated rings. The number of carboxylic acids is 1. The van der Waals surface area contributed by atoms with Gasteiger partial charge in [-0.05, 0) is 6.42 Å². The molecule has 0 bridgehead atoms. The summed E-state index contributed by atoms with van der Waals surface area (Å²) in [6.45, 7) is 2.15. The second kappa shape index (κ2) is 10.4. The third-order valence-electron chi connectivity index (χ3n) is 1.49. The number of hydrogen-bond acceptors (Lipinski definition) is 1. The second-order valence-corrected chi connectivity index (χ2v) is 2.56. The first kappa shape index (κ1) is 13.9. The fourth-order valence-electron chi connectivity index (χ4n) is 0.880. The maximum atomic E-state index is 10.0. The SMILES string of the molecule is CCCCCCCC(=O)O.[Zr+4]. The first-order valence-corrected chi connectivity index (χ1v) is 3.99. The maximum Gasteiger partial charge on any atom is 4.00 e. The Bertz CT molecular complexity index is 94.1. The molecule has 0 aliphatic rings. The van der Waals surface area contributed by atoms with Crippen molar-refractivity contribution in [3.63, 3.8) is 0 Å². The molecule has 0 aliphatic carbocycles. The van der Waals surface area contributed by atoms with Crippen LogP contribution in [0.25, 0.3) is 0 Å². The Morgan fingerprint density at radius 3 is 2.18 bits per heavy atom. The molecule has 0 heterocycles. The fourth-order valence-corrected chi connectivity index (χ4v) is 0.880. The van der Waals surface area contributed by atoms with Crippen molar-refractivity contribution < 1.29 is 36.1 Å². The van der Waals surface area contributed by atoms with E-state index in [2.05, 4.69) is 6.92 Å². The van der Waals surface area contributed by atoms with Crippen molar-refractivity contribution in [2.24, 2.45) is 0 Å². The van der Waals surface area contributed by atoms with E-state index < -0.39 is 5.97 Å². The van der Waals surface area contributed by atoms with Gasteiger partial charge in [0.2, 0.25) is 0 Å². The van der Waals surface area contributed by atoms with Crippen molar-refractivity contribution in [2.45, 2.75) is 45.4 Å². The standard InChI is InChI=1S/C8H16O2.Zr/c1-2-3-4-5-6-7-8(9)10;/h2-7H2,1H3,(H,9,10);/q;+4. The Hall–Kier alpha value is 0.353. The van der Waals surface area contributed by atoms with E-state index in [-0.39, 0.29) is 26.2 Å². The Labute approximate surface area is 87.5 Å². The summed E-state index contributed by atoms with van der Waals surface area (Å²) in [4.78, 5) is 10.0. The van der Waals surface area contributed by atoms with Crippen molar-refractivity contribution in [3.05, 3.63) is 0 Å². The predicted octanol–water partition coefficient (Wildman–Crippen LogP) is 2.43. The molecule has 0 aromatic carbocycles. The Kier molecular flexibility index (Phi) is 13.1. The van der Waals surface area contributed by atoms with Crippen LogP contribution in [0.3, 0.4) is 0 Å². The van der Waals surface area contributed by atoms with Gasteiger partial charge in [-0.25, -0.2) is 0 Å². The van der Waals surface area contributed by atoms with E-state index in [1.807, 2.05) is 0 Å². The molecule has 0 amide bonds. The van der Waals surface area contributed by atoms with Gasteiger partial charge in [-0.15, -0.1) is 0 Å². The largest absolute Gasteiger partial charge is 4.00 e. The molecule has 0 unspecified atom stereocenters. The second-order valence-electron chi connectivity index (χ2n) is 2.56. The summed E-state index contributed by atoms with van der Waals surface area (Å²) in [6.07, 6.45) is 5.88. The molecule has 60 valence electrons. The first-order chi connectivity index (χ1) is 4.77. The minimum Gasteiger partial charge on any atom is -0.481 e. The number of unbranched alkanes of at least 4 members (excludes halogenated alkanes) is 4. The molecule has 0 saturated heterocycles. The van der Waals surface area contributed by atoms with Crippen LogP contribution in [0.2, 0.25) is 0 Å². The van der Waals surface area contributed by atoms with Gasteiger partial charge in [0.05, 0.1) is 0 Å². The molecule has 0 aliphatic heterocycles. The van der Waals surface area contributed by atoms with E-state index in [0.717, 1.165) is 12.8 Å². The maximum absolute atomic E-state index is 10.0. The molecule has 0 aromatic rings. The topological polar surface area (TPSA) is 37.3 Å². The molecule has 1 N–H and O–H groups in total. The van der Waals surface area contributed by atoms with Crippen LogP contribution in [-0.4, -0.2) is 11.1 Å². The van der Waals surface area contributed by atoms with Gasteiger partial charge in [-0.2, -0.15) is 0 Å². The molecule has 0 aromatic heterocycles. The summed E-state index contributed by atoms with van der Waals surface area (Å²) in [6, 6.07) is 0. The zero-order valence-electron chi connectivity index (χ0n) is 7.10. The van der Waals surface area contributed by atoms with Crippen molar-refractivity contribution in [1.29, 1.82) is 0 Å². The van der Waals surface area contributed by atoms with Gasteiger partial charge in [0.1, 0.15) is 0 Å². The summed E-state index contributed by atoms with van der Waals surface area (Å²) >= 11 is 0. The van der Waals surface area contributed by atoms with E-state index in [9.17, 15) is 4.79 Å². The number of rotatable bonds is 6. The van der Waals surface area contributed by atoms with Crippen LogP contribution < -0.4 is 0 Å². The number of carbonyl (C=O) groups is 1. The number of carboxylic acid groups (broad SMARTS) is 1. The normalized spacial score (nSPS) is 8.82. The zero-order valence-corrected chi connectivity index (χ0v) is 9.56. The Morgan fingerprint density at radius 1 is 1.18 bits per heavy atom. The van der Waals surface area contributed by atoms with Gasteiger partial charge in [-0.1, -0.05) is 32.6 Å². The summed E-state index contributed by atoms with van der Waals surface area (Å²) in [5, 5.41) is 8.27. The van der Waals surface area contributed by atoms with Gasteiger partial charge in [0.15, 0.2) is 0 Å². The summed E-state index contributed by atoms with van der Waals surface area (Å²) in [7, 11) is 0. The van der Waals surface area contributed by atoms with E-state index in [1.54, 1.807) is 0 Å². The van der Waals surface area contributed by atoms with Crippen LogP contribution in [-0.2, 0) is 31.0 Å². The third kappa shape index (κ3) is 13.4. The molecular formula is C8H16O2Zr+4. The van der Waals surface area contributed by atoms with Crippen LogP contribution in [0.4, 0.5) is 0 Å². The molecule has 2 nitrogen and oxygen atoms in total. The van der Waals surface area contributed by atoms with Gasteiger partial charge < -0.3 is 5.11 Å². The average Bonchev–Trinajstić information content (AvgIpc) is 1.87. The van der Waals surface area contributed by atoms with Crippen LogP contribution in [0.15, 0.2) is 0 Å². The smallest absolute Gasteiger partial charge is 0.481 e. The van der Waals surface area contributed by atoms with Crippen molar-refractivity contribution in [2.75, 3.05) is 0 Å². The van der Waals surface area contributed by atoms with Crippen molar-refractivity contribution in [1.82, 2.24) is 0 Å². The summed E-state index contributed by atoms with van der Waals surface area (Å²) < 4.78 is 0. The van der Waals surface area contributed by atoms with E-state index >= 15 is 0 Å². The quantitative estimate of drug-likeness (QED) is 0.718. The van der Waals surface area contributed by atoms with Crippen molar-refractivity contribution >= 4 is 5.97 Å². The molecule has 0 spiro atoms. The van der Waals surface area contributed by atoms with Gasteiger partial charge in [0, 0.05) is 6.42 Å². The summed E-state index contributed by atoms with van der Waals surface area (Å²) in [5.41, 5.74) is 0. The molecule has 0 atom stereocenters. The predicted molar refractivity (Wildman–Crippen MR) is 41.0 cm³/mol. The Balaban J connectivity index is 0. The van der Waals surface area contributed by atoms with E-state index in [4.69, 9.17) is 5.11 Å². The minimum absolute atomic E-state index is 0. The van der Waals surface area contributed by atoms with Crippen LogP contribution in [0.5, 0.6) is 0 Å². The van der Waals surface area contributed by atoms with E-state index in [1.165, 1.54) is 19.3 Å². The minimum atomic E-state index is -0.670. The average molecular weight is 235 g/mol. The van der Waals surface area contributed by atoms with Crippen molar-refractivity contribution in [3.8, 4) is 0 Å². The van der Waals surface area contributed by atoms with Gasteiger partial charge in [-0.3, -0.25) is 4.79 Å². The number of hydrogen-bond donors (Lipinski definition) is 1. The van der Waals surface area contributed by atoms with Crippen LogP contribution in [0, 0.1) is 0 Å². The molecule has 0 radical (unpaired) electrons. The fraction of sp³-hybridized carbons (Fsp3) is 0.875. The number of aliphatic carboxylic acids is 1. The Morgan fingerprint density at radius 2 is 1.73 bits per heavy atom. The molecule has 0 saturated carbocycles. The monoisotopic (exact) mass is 234 g/mol. The van der Waals surface area contributed by atoms with Gasteiger partial charge in [0.25, 0.3) is 0 Å². The molecular weight excluding hydrogens is 219 g/mol. The third-order valence-corrected chi connectivity index (χ3v) is 1.49. The summed E-state index contributed by atoms with van der Waals surface area (Å²) in [5.74, 6) is -0.670. The van der Waals surface area contributed by atoms with Gasteiger partial charge >= 0.3 is 32.2 Å². The molecule has 3 heteroatoms. The molecule has 11 heavy (non-hydrogen) atoms. The zero-order chi connectivity index (χ0) is 7.82. The van der Waals surface area contributed by atoms with E-state index in [0.29, 0.717) is 6.42 Å². The molecule has 0 rings (SSSR count). The first-order valence-electron chi connectivity index (χ1n) is 3.99. The van der Waals surface area contributed by atoms with Crippen LogP contribution >= 0.6 is 0 Å². The van der Waals surface area contributed by atoms with Crippen LogP contribution in [0.1, 0.15) is 45.4 Å².